The molecular formula is C12H13FN2O2. The Labute approximate surface area is 98.7 Å². The fourth-order valence-electron chi connectivity index (χ4n) is 1.18. The molecule has 4 nitrogen and oxygen atoms in total. The topological polar surface area (TPSA) is 49.4 Å². The number of hydrogen-bond donors (Lipinski definition) is 1. The van der Waals surface area contributed by atoms with Crippen LogP contribution in [0.3, 0.4) is 0 Å². The first kappa shape index (κ1) is 12.9. The molecule has 0 saturated heterocycles. The summed E-state index contributed by atoms with van der Waals surface area (Å²) in [7, 11) is 1.49. The summed E-state index contributed by atoms with van der Waals surface area (Å²) < 4.78 is 12.6. The lowest BCUT2D eigenvalue weighted by Gasteiger charge is -2.14. The van der Waals surface area contributed by atoms with Crippen molar-refractivity contribution in [2.24, 2.45) is 0 Å². The predicted molar refractivity (Wildman–Crippen MR) is 62.9 cm³/mol. The minimum absolute atomic E-state index is 0.0811. The number of hydrogen-bond acceptors (Lipinski definition) is 2. The van der Waals surface area contributed by atoms with Crippen LogP contribution in [0.4, 0.5) is 10.1 Å². The molecule has 0 spiro atoms. The molecule has 1 N–H and O–H groups in total. The van der Waals surface area contributed by atoms with Crippen LogP contribution in [0.25, 0.3) is 0 Å². The molecule has 0 aliphatic rings. The van der Waals surface area contributed by atoms with Gasteiger partial charge in [0.05, 0.1) is 6.54 Å². The molecule has 1 rings (SSSR count). The fraction of sp³-hybridized carbons (Fsp3) is 0.167. The minimum atomic E-state index is -0.373. The molecule has 0 radical (unpaired) electrons. The second-order valence-electron chi connectivity index (χ2n) is 3.45. The van der Waals surface area contributed by atoms with E-state index in [1.54, 1.807) is 0 Å². The normalized spacial score (nSPS) is 9.53. The van der Waals surface area contributed by atoms with Crippen LogP contribution in [-0.2, 0) is 9.59 Å². The maximum atomic E-state index is 12.6. The second-order valence-corrected chi connectivity index (χ2v) is 3.45. The molecule has 0 aromatic heterocycles. The van der Waals surface area contributed by atoms with E-state index in [-0.39, 0.29) is 24.2 Å². The van der Waals surface area contributed by atoms with Gasteiger partial charge in [0.15, 0.2) is 0 Å². The van der Waals surface area contributed by atoms with Gasteiger partial charge in [-0.3, -0.25) is 9.59 Å². The van der Waals surface area contributed by atoms with Crippen molar-refractivity contribution in [3.8, 4) is 0 Å². The Morgan fingerprint density at radius 3 is 2.53 bits per heavy atom. The van der Waals surface area contributed by atoms with Crippen molar-refractivity contribution in [3.63, 3.8) is 0 Å². The number of nitrogens with one attached hydrogen (secondary N) is 1. The van der Waals surface area contributed by atoms with Crippen LogP contribution in [-0.4, -0.2) is 30.3 Å². The van der Waals surface area contributed by atoms with Crippen LogP contribution in [0.5, 0.6) is 0 Å². The highest BCUT2D eigenvalue weighted by Crippen LogP contribution is 2.07. The van der Waals surface area contributed by atoms with Gasteiger partial charge in [-0.1, -0.05) is 6.58 Å². The van der Waals surface area contributed by atoms with E-state index in [4.69, 9.17) is 0 Å². The largest absolute Gasteiger partial charge is 0.333 e. The van der Waals surface area contributed by atoms with Crippen molar-refractivity contribution in [2.75, 3.05) is 18.9 Å². The third-order valence-corrected chi connectivity index (χ3v) is 2.06. The van der Waals surface area contributed by atoms with Crippen molar-refractivity contribution in [2.45, 2.75) is 0 Å². The zero-order valence-electron chi connectivity index (χ0n) is 9.44. The summed E-state index contributed by atoms with van der Waals surface area (Å²) in [5.74, 6) is -1.06. The smallest absolute Gasteiger partial charge is 0.246 e. The van der Waals surface area contributed by atoms with Crippen molar-refractivity contribution >= 4 is 17.5 Å². The van der Waals surface area contributed by atoms with Gasteiger partial charge in [-0.2, -0.15) is 0 Å². The number of benzene rings is 1. The number of anilines is 1. The van der Waals surface area contributed by atoms with Crippen LogP contribution in [0.1, 0.15) is 0 Å². The molecule has 0 bridgehead atoms. The Kier molecular flexibility index (Phi) is 4.39. The monoisotopic (exact) mass is 236 g/mol. The Morgan fingerprint density at radius 2 is 2.00 bits per heavy atom. The molecule has 0 fully saturated rings. The number of nitrogens with zero attached hydrogens (tertiary/aromatic N) is 1. The van der Waals surface area contributed by atoms with Crippen molar-refractivity contribution in [1.29, 1.82) is 0 Å². The SMILES string of the molecule is C=CC(=O)N(C)CC(=O)Nc1ccc(F)cc1. The minimum Gasteiger partial charge on any atom is -0.333 e. The summed E-state index contributed by atoms with van der Waals surface area (Å²) in [6.07, 6.45) is 1.13. The van der Waals surface area contributed by atoms with Gasteiger partial charge < -0.3 is 10.2 Å². The molecule has 0 unspecified atom stereocenters. The molecule has 90 valence electrons. The highest BCUT2D eigenvalue weighted by Gasteiger charge is 2.09. The van der Waals surface area contributed by atoms with Gasteiger partial charge >= 0.3 is 0 Å². The van der Waals surface area contributed by atoms with Crippen molar-refractivity contribution in [1.82, 2.24) is 4.90 Å². The van der Waals surface area contributed by atoms with E-state index < -0.39 is 0 Å². The zero-order chi connectivity index (χ0) is 12.8. The lowest BCUT2D eigenvalue weighted by Crippen LogP contribution is -2.33. The Bertz CT molecular complexity index is 429. The molecule has 17 heavy (non-hydrogen) atoms. The van der Waals surface area contributed by atoms with Crippen LogP contribution in [0.2, 0.25) is 0 Å². The Morgan fingerprint density at radius 1 is 1.41 bits per heavy atom. The fourth-order valence-corrected chi connectivity index (χ4v) is 1.18. The molecule has 0 aliphatic carbocycles. The van der Waals surface area contributed by atoms with E-state index in [1.807, 2.05) is 0 Å². The first-order valence-corrected chi connectivity index (χ1v) is 4.96. The average Bonchev–Trinajstić information content (AvgIpc) is 2.30. The summed E-state index contributed by atoms with van der Waals surface area (Å²) in [6, 6.07) is 5.38. The van der Waals surface area contributed by atoms with Gasteiger partial charge in [-0.15, -0.1) is 0 Å². The summed E-state index contributed by atoms with van der Waals surface area (Å²) in [5.41, 5.74) is 0.482. The third kappa shape index (κ3) is 4.06. The summed E-state index contributed by atoms with van der Waals surface area (Å²) >= 11 is 0. The third-order valence-electron chi connectivity index (χ3n) is 2.06. The van der Waals surface area contributed by atoms with Crippen LogP contribution >= 0.6 is 0 Å². The Balaban J connectivity index is 2.52. The van der Waals surface area contributed by atoms with E-state index in [9.17, 15) is 14.0 Å². The second kappa shape index (κ2) is 5.79. The van der Waals surface area contributed by atoms with E-state index >= 15 is 0 Å². The maximum Gasteiger partial charge on any atom is 0.246 e. The molecule has 0 atom stereocenters. The quantitative estimate of drug-likeness (QED) is 0.803. The lowest BCUT2D eigenvalue weighted by atomic mass is 10.3. The van der Waals surface area contributed by atoms with Crippen LogP contribution in [0.15, 0.2) is 36.9 Å². The molecule has 0 heterocycles. The summed E-state index contributed by atoms with van der Waals surface area (Å²) in [4.78, 5) is 23.8. The zero-order valence-corrected chi connectivity index (χ0v) is 9.44. The van der Waals surface area contributed by atoms with E-state index in [2.05, 4.69) is 11.9 Å². The number of halogens is 1. The summed E-state index contributed by atoms with van der Waals surface area (Å²) in [5, 5.41) is 2.55. The molecule has 2 amide bonds. The average molecular weight is 236 g/mol. The molecule has 5 heteroatoms. The van der Waals surface area contributed by atoms with E-state index in [1.165, 1.54) is 36.2 Å². The number of carbonyl (C=O) groups is 2. The van der Waals surface area contributed by atoms with Gasteiger partial charge in [0, 0.05) is 12.7 Å². The number of amides is 2. The standard InChI is InChI=1S/C12H13FN2O2/c1-3-12(17)15(2)8-11(16)14-10-6-4-9(13)5-7-10/h3-7H,1,8H2,2H3,(H,14,16). The number of likely N-dealkylation sites (N-methyl/N-ethyl adjacent to an activating group) is 1. The first-order valence-electron chi connectivity index (χ1n) is 4.96. The van der Waals surface area contributed by atoms with Crippen molar-refractivity contribution < 1.29 is 14.0 Å². The number of rotatable bonds is 4. The predicted octanol–water partition coefficient (Wildman–Crippen LogP) is 1.41. The van der Waals surface area contributed by atoms with Crippen LogP contribution < -0.4 is 5.32 Å². The van der Waals surface area contributed by atoms with Gasteiger partial charge in [0.25, 0.3) is 0 Å². The molecular weight excluding hydrogens is 223 g/mol. The van der Waals surface area contributed by atoms with Gasteiger partial charge in [0.1, 0.15) is 5.82 Å². The maximum absolute atomic E-state index is 12.6. The molecule has 0 aliphatic heterocycles. The highest BCUT2D eigenvalue weighted by molar-refractivity contribution is 5.96. The molecule has 1 aromatic rings. The lowest BCUT2D eigenvalue weighted by molar-refractivity contribution is -0.129. The molecule has 1 aromatic carbocycles. The van der Waals surface area contributed by atoms with Crippen molar-refractivity contribution in [3.05, 3.63) is 42.7 Å². The van der Waals surface area contributed by atoms with Gasteiger partial charge in [-0.25, -0.2) is 4.39 Å². The Hall–Kier alpha value is -2.17. The van der Waals surface area contributed by atoms with Gasteiger partial charge in [-0.05, 0) is 30.3 Å². The van der Waals surface area contributed by atoms with Gasteiger partial charge in [0.2, 0.25) is 11.8 Å². The highest BCUT2D eigenvalue weighted by atomic mass is 19.1. The first-order chi connectivity index (χ1) is 8.02. The van der Waals surface area contributed by atoms with E-state index in [0.29, 0.717) is 5.69 Å². The molecule has 0 saturated carbocycles. The summed E-state index contributed by atoms with van der Waals surface area (Å²) in [6.45, 7) is 3.24. The van der Waals surface area contributed by atoms with E-state index in [0.717, 1.165) is 6.08 Å². The number of carbonyl (C=O) groups excluding carboxylic acids is 2. The van der Waals surface area contributed by atoms with Crippen LogP contribution in [0, 0.1) is 5.82 Å².